The predicted octanol–water partition coefficient (Wildman–Crippen LogP) is 4.50. The number of H-pyrrole nitrogens is 1. The molecule has 0 unspecified atom stereocenters. The smallest absolute Gasteiger partial charge is 0.275 e. The van der Waals surface area contributed by atoms with E-state index in [0.717, 1.165) is 16.1 Å². The standard InChI is InChI=1S/C18H12ClN5OS/c19-13-8-4-7-12(9-13)14-10-15(22-21-14)16(25)20-18-24-23-17(26-18)11-5-2-1-3-6-11/h1-10H,(H,21,22)(H,20,24,25). The summed E-state index contributed by atoms with van der Waals surface area (Å²) >= 11 is 7.30. The van der Waals surface area contributed by atoms with Crippen LogP contribution in [-0.4, -0.2) is 26.3 Å². The molecule has 0 saturated carbocycles. The quantitative estimate of drug-likeness (QED) is 0.545. The third kappa shape index (κ3) is 3.49. The molecular weight excluding hydrogens is 370 g/mol. The largest absolute Gasteiger partial charge is 0.295 e. The van der Waals surface area contributed by atoms with Crippen molar-refractivity contribution >= 4 is 34.0 Å². The van der Waals surface area contributed by atoms with Crippen LogP contribution in [0.15, 0.2) is 60.7 Å². The van der Waals surface area contributed by atoms with E-state index in [0.29, 0.717) is 21.5 Å². The van der Waals surface area contributed by atoms with Crippen LogP contribution in [0.25, 0.3) is 21.8 Å². The third-order valence-corrected chi connectivity index (χ3v) is 4.73. The van der Waals surface area contributed by atoms with Gasteiger partial charge in [-0.1, -0.05) is 65.4 Å². The number of halogens is 1. The zero-order chi connectivity index (χ0) is 17.9. The van der Waals surface area contributed by atoms with E-state index in [-0.39, 0.29) is 5.91 Å². The average Bonchev–Trinajstić information content (AvgIpc) is 3.32. The van der Waals surface area contributed by atoms with Gasteiger partial charge in [0.05, 0.1) is 5.69 Å². The summed E-state index contributed by atoms with van der Waals surface area (Å²) in [4.78, 5) is 12.4. The van der Waals surface area contributed by atoms with Crippen molar-refractivity contribution in [3.8, 4) is 21.8 Å². The van der Waals surface area contributed by atoms with Crippen LogP contribution in [0.2, 0.25) is 5.02 Å². The summed E-state index contributed by atoms with van der Waals surface area (Å²) in [5.41, 5.74) is 2.75. The number of rotatable bonds is 4. The second kappa shape index (κ2) is 7.07. The molecule has 4 aromatic rings. The minimum atomic E-state index is -0.332. The summed E-state index contributed by atoms with van der Waals surface area (Å²) < 4.78 is 0. The lowest BCUT2D eigenvalue weighted by Gasteiger charge is -1.97. The summed E-state index contributed by atoms with van der Waals surface area (Å²) in [6.07, 6.45) is 0. The number of aromatic nitrogens is 4. The molecule has 0 spiro atoms. The molecular formula is C18H12ClN5OS. The van der Waals surface area contributed by atoms with Gasteiger partial charge in [0.15, 0.2) is 0 Å². The molecule has 2 heterocycles. The fraction of sp³-hybridized carbons (Fsp3) is 0. The molecule has 128 valence electrons. The van der Waals surface area contributed by atoms with E-state index < -0.39 is 0 Å². The van der Waals surface area contributed by atoms with Crippen LogP contribution in [0.5, 0.6) is 0 Å². The highest BCUT2D eigenvalue weighted by Gasteiger charge is 2.14. The number of aromatic amines is 1. The Hall–Kier alpha value is -3.03. The molecule has 26 heavy (non-hydrogen) atoms. The van der Waals surface area contributed by atoms with Crippen molar-refractivity contribution in [1.82, 2.24) is 20.4 Å². The average molecular weight is 382 g/mol. The zero-order valence-electron chi connectivity index (χ0n) is 13.3. The molecule has 0 aliphatic carbocycles. The van der Waals surface area contributed by atoms with Gasteiger partial charge in [0.1, 0.15) is 10.7 Å². The van der Waals surface area contributed by atoms with Crippen LogP contribution in [0, 0.1) is 0 Å². The van der Waals surface area contributed by atoms with E-state index in [2.05, 4.69) is 25.7 Å². The molecule has 0 fully saturated rings. The molecule has 8 heteroatoms. The molecule has 6 nitrogen and oxygen atoms in total. The zero-order valence-corrected chi connectivity index (χ0v) is 14.9. The molecule has 4 rings (SSSR count). The highest BCUT2D eigenvalue weighted by atomic mass is 35.5. The third-order valence-electron chi connectivity index (χ3n) is 3.61. The van der Waals surface area contributed by atoms with Crippen molar-refractivity contribution in [2.24, 2.45) is 0 Å². The maximum atomic E-state index is 12.4. The van der Waals surface area contributed by atoms with Crippen LogP contribution in [0.4, 0.5) is 5.13 Å². The number of carbonyl (C=O) groups excluding carboxylic acids is 1. The first-order chi connectivity index (χ1) is 12.7. The van der Waals surface area contributed by atoms with Crippen molar-refractivity contribution in [2.75, 3.05) is 5.32 Å². The first-order valence-corrected chi connectivity index (χ1v) is 8.90. The van der Waals surface area contributed by atoms with Gasteiger partial charge in [0.2, 0.25) is 5.13 Å². The Balaban J connectivity index is 1.50. The molecule has 0 aliphatic rings. The molecule has 0 aliphatic heterocycles. The Morgan fingerprint density at radius 2 is 1.81 bits per heavy atom. The van der Waals surface area contributed by atoms with Gasteiger partial charge < -0.3 is 0 Å². The molecule has 0 bridgehead atoms. The fourth-order valence-electron chi connectivity index (χ4n) is 2.37. The second-order valence-electron chi connectivity index (χ2n) is 5.41. The van der Waals surface area contributed by atoms with E-state index in [1.807, 2.05) is 42.5 Å². The summed E-state index contributed by atoms with van der Waals surface area (Å²) in [6.45, 7) is 0. The molecule has 2 N–H and O–H groups in total. The predicted molar refractivity (Wildman–Crippen MR) is 102 cm³/mol. The van der Waals surface area contributed by atoms with Gasteiger partial charge >= 0.3 is 0 Å². The maximum Gasteiger partial charge on any atom is 0.275 e. The van der Waals surface area contributed by atoms with Crippen molar-refractivity contribution in [3.05, 3.63) is 71.4 Å². The SMILES string of the molecule is O=C(Nc1nnc(-c2ccccc2)s1)c1cc(-c2cccc(Cl)c2)n[nH]1. The minimum absolute atomic E-state index is 0.330. The number of nitrogens with zero attached hydrogens (tertiary/aromatic N) is 3. The highest BCUT2D eigenvalue weighted by Crippen LogP contribution is 2.26. The van der Waals surface area contributed by atoms with Gasteiger partial charge in [0, 0.05) is 16.1 Å². The minimum Gasteiger partial charge on any atom is -0.295 e. The lowest BCUT2D eigenvalue weighted by atomic mass is 10.1. The number of hydrogen-bond donors (Lipinski definition) is 2. The van der Waals surface area contributed by atoms with Crippen molar-refractivity contribution in [2.45, 2.75) is 0 Å². The van der Waals surface area contributed by atoms with Crippen molar-refractivity contribution in [3.63, 3.8) is 0 Å². The van der Waals surface area contributed by atoms with E-state index in [9.17, 15) is 4.79 Å². The van der Waals surface area contributed by atoms with E-state index in [1.165, 1.54) is 11.3 Å². The van der Waals surface area contributed by atoms with Crippen LogP contribution >= 0.6 is 22.9 Å². The van der Waals surface area contributed by atoms with Crippen LogP contribution in [-0.2, 0) is 0 Å². The van der Waals surface area contributed by atoms with Crippen LogP contribution in [0.3, 0.4) is 0 Å². The van der Waals surface area contributed by atoms with Crippen LogP contribution < -0.4 is 5.32 Å². The van der Waals surface area contributed by atoms with Gasteiger partial charge in [-0.2, -0.15) is 5.10 Å². The second-order valence-corrected chi connectivity index (χ2v) is 6.82. The first kappa shape index (κ1) is 16.4. The number of benzene rings is 2. The Kier molecular flexibility index (Phi) is 4.47. The summed E-state index contributed by atoms with van der Waals surface area (Å²) in [5.74, 6) is -0.332. The number of hydrogen-bond acceptors (Lipinski definition) is 5. The van der Waals surface area contributed by atoms with Gasteiger partial charge in [0.25, 0.3) is 5.91 Å². The van der Waals surface area contributed by atoms with Crippen LogP contribution in [0.1, 0.15) is 10.5 Å². The molecule has 0 atom stereocenters. The van der Waals surface area contributed by atoms with Gasteiger partial charge in [-0.3, -0.25) is 15.2 Å². The van der Waals surface area contributed by atoms with Crippen molar-refractivity contribution < 1.29 is 4.79 Å². The summed E-state index contributed by atoms with van der Waals surface area (Å²) in [6, 6.07) is 18.6. The van der Waals surface area contributed by atoms with E-state index >= 15 is 0 Å². The maximum absolute atomic E-state index is 12.4. The summed E-state index contributed by atoms with van der Waals surface area (Å²) in [5, 5.41) is 19.5. The van der Waals surface area contributed by atoms with Gasteiger partial charge in [-0.25, -0.2) is 0 Å². The van der Waals surface area contributed by atoms with E-state index in [4.69, 9.17) is 11.6 Å². The van der Waals surface area contributed by atoms with Gasteiger partial charge in [-0.05, 0) is 18.2 Å². The van der Waals surface area contributed by atoms with Crippen molar-refractivity contribution in [1.29, 1.82) is 0 Å². The molecule has 2 aromatic carbocycles. The Morgan fingerprint density at radius 1 is 1.00 bits per heavy atom. The summed E-state index contributed by atoms with van der Waals surface area (Å²) in [7, 11) is 0. The molecule has 0 saturated heterocycles. The number of carbonyl (C=O) groups is 1. The normalized spacial score (nSPS) is 10.7. The monoisotopic (exact) mass is 381 g/mol. The van der Waals surface area contributed by atoms with E-state index in [1.54, 1.807) is 18.2 Å². The first-order valence-electron chi connectivity index (χ1n) is 7.71. The topological polar surface area (TPSA) is 83.6 Å². The Bertz CT molecular complexity index is 1060. The van der Waals surface area contributed by atoms with Gasteiger partial charge in [-0.15, -0.1) is 10.2 Å². The number of anilines is 1. The molecule has 1 amide bonds. The fourth-order valence-corrected chi connectivity index (χ4v) is 3.30. The number of amides is 1. The molecule has 0 radical (unpaired) electrons. The number of nitrogens with one attached hydrogen (secondary N) is 2. The highest BCUT2D eigenvalue weighted by molar-refractivity contribution is 7.18. The lowest BCUT2D eigenvalue weighted by Crippen LogP contribution is -2.12. The Morgan fingerprint density at radius 3 is 2.62 bits per heavy atom. The lowest BCUT2D eigenvalue weighted by molar-refractivity contribution is 0.102. The Labute approximate surface area is 157 Å². The molecule has 2 aromatic heterocycles.